The van der Waals surface area contributed by atoms with Gasteiger partial charge in [-0.1, -0.05) is 53.4 Å². The molecule has 0 aliphatic carbocycles. The molecule has 0 fully saturated rings. The lowest BCUT2D eigenvalue weighted by atomic mass is 10.2. The van der Waals surface area contributed by atoms with Crippen molar-refractivity contribution in [3.63, 3.8) is 0 Å². The van der Waals surface area contributed by atoms with Crippen molar-refractivity contribution in [3.8, 4) is 16.3 Å². The molecule has 4 rings (SSSR count). The molecule has 2 aromatic carbocycles. The van der Waals surface area contributed by atoms with Crippen LogP contribution in [0.5, 0.6) is 5.75 Å². The van der Waals surface area contributed by atoms with E-state index in [1.165, 1.54) is 5.56 Å². The average molecular weight is 427 g/mol. The fraction of sp³-hybridized carbons (Fsp3) is 0.150. The van der Waals surface area contributed by atoms with Crippen LogP contribution in [0, 0.1) is 0 Å². The Morgan fingerprint density at radius 1 is 1.04 bits per heavy atom. The molecule has 2 heterocycles. The van der Waals surface area contributed by atoms with Gasteiger partial charge in [0.15, 0.2) is 4.34 Å². The summed E-state index contributed by atoms with van der Waals surface area (Å²) in [6.07, 6.45) is 0. The molecule has 0 saturated carbocycles. The number of thioether (sulfide) groups is 1. The predicted molar refractivity (Wildman–Crippen MR) is 117 cm³/mol. The minimum absolute atomic E-state index is 0.747. The zero-order valence-electron chi connectivity index (χ0n) is 15.2. The third kappa shape index (κ3) is 4.89. The van der Waals surface area contributed by atoms with Crippen molar-refractivity contribution < 1.29 is 4.74 Å². The first-order valence-corrected chi connectivity index (χ1v) is 11.3. The Kier molecular flexibility index (Phi) is 6.20. The Morgan fingerprint density at radius 3 is 2.64 bits per heavy atom. The topological polar surface area (TPSA) is 59.9 Å². The van der Waals surface area contributed by atoms with Gasteiger partial charge in [0.1, 0.15) is 10.8 Å². The standard InChI is InChI=1S/C20H18N4OS3/c1-25-17-9-7-15(8-10-17)18-22-16(12-26-18)13-27-20-24-23-19(28-20)21-11-14-5-3-2-4-6-14/h2-10,12H,11,13H2,1H3,(H,21,23). The number of aromatic nitrogens is 3. The third-order valence-electron chi connectivity index (χ3n) is 3.93. The maximum Gasteiger partial charge on any atom is 0.206 e. The molecule has 0 aliphatic heterocycles. The first-order valence-electron chi connectivity index (χ1n) is 8.63. The number of nitrogens with zero attached hydrogens (tertiary/aromatic N) is 3. The lowest BCUT2D eigenvalue weighted by Crippen LogP contribution is -1.98. The van der Waals surface area contributed by atoms with Gasteiger partial charge in [-0.3, -0.25) is 0 Å². The number of thiazole rings is 1. The van der Waals surface area contributed by atoms with Crippen LogP contribution in [0.15, 0.2) is 64.3 Å². The van der Waals surface area contributed by atoms with Gasteiger partial charge in [0, 0.05) is 23.2 Å². The average Bonchev–Trinajstić information content (AvgIpc) is 3.41. The van der Waals surface area contributed by atoms with Gasteiger partial charge < -0.3 is 10.1 Å². The van der Waals surface area contributed by atoms with E-state index in [9.17, 15) is 0 Å². The Hall–Kier alpha value is -2.42. The number of hydrogen-bond acceptors (Lipinski definition) is 8. The molecule has 28 heavy (non-hydrogen) atoms. The summed E-state index contributed by atoms with van der Waals surface area (Å²) in [7, 11) is 1.67. The van der Waals surface area contributed by atoms with Gasteiger partial charge in [0.25, 0.3) is 0 Å². The molecule has 5 nitrogen and oxygen atoms in total. The number of methoxy groups -OCH3 is 1. The fourth-order valence-corrected chi connectivity index (χ4v) is 5.06. The van der Waals surface area contributed by atoms with Crippen LogP contribution < -0.4 is 10.1 Å². The molecule has 4 aromatic rings. The zero-order valence-corrected chi connectivity index (χ0v) is 17.6. The maximum absolute atomic E-state index is 5.21. The van der Waals surface area contributed by atoms with Crippen LogP contribution in [0.4, 0.5) is 5.13 Å². The molecule has 2 aromatic heterocycles. The fourth-order valence-electron chi connectivity index (χ4n) is 2.49. The highest BCUT2D eigenvalue weighted by Crippen LogP contribution is 2.31. The summed E-state index contributed by atoms with van der Waals surface area (Å²) in [4.78, 5) is 4.73. The Labute approximate surface area is 175 Å². The molecule has 8 heteroatoms. The lowest BCUT2D eigenvalue weighted by Gasteiger charge is -2.01. The molecule has 0 radical (unpaired) electrons. The van der Waals surface area contributed by atoms with Crippen LogP contribution >= 0.6 is 34.4 Å². The molecular weight excluding hydrogens is 408 g/mol. The van der Waals surface area contributed by atoms with Crippen LogP contribution in [0.2, 0.25) is 0 Å². The Balaban J connectivity index is 1.31. The van der Waals surface area contributed by atoms with Gasteiger partial charge in [0.05, 0.1) is 12.8 Å². The van der Waals surface area contributed by atoms with Crippen molar-refractivity contribution in [2.75, 3.05) is 12.4 Å². The quantitative estimate of drug-likeness (QED) is 0.372. The predicted octanol–water partition coefficient (Wildman–Crippen LogP) is 5.57. The van der Waals surface area contributed by atoms with Crippen LogP contribution in [-0.2, 0) is 12.3 Å². The molecule has 0 amide bonds. The summed E-state index contributed by atoms with van der Waals surface area (Å²) < 4.78 is 6.14. The largest absolute Gasteiger partial charge is 0.497 e. The van der Waals surface area contributed by atoms with Crippen LogP contribution in [0.3, 0.4) is 0 Å². The monoisotopic (exact) mass is 426 g/mol. The molecule has 0 spiro atoms. The second-order valence-electron chi connectivity index (χ2n) is 5.87. The highest BCUT2D eigenvalue weighted by atomic mass is 32.2. The summed E-state index contributed by atoms with van der Waals surface area (Å²) in [6.45, 7) is 0.747. The molecular formula is C20H18N4OS3. The van der Waals surface area contributed by atoms with Crippen molar-refractivity contribution in [1.82, 2.24) is 15.2 Å². The van der Waals surface area contributed by atoms with E-state index in [1.54, 1.807) is 41.5 Å². The van der Waals surface area contributed by atoms with Crippen molar-refractivity contribution in [3.05, 3.63) is 71.2 Å². The van der Waals surface area contributed by atoms with E-state index in [0.29, 0.717) is 0 Å². The highest BCUT2D eigenvalue weighted by molar-refractivity contribution is 8.00. The highest BCUT2D eigenvalue weighted by Gasteiger charge is 2.09. The molecule has 0 atom stereocenters. The molecule has 0 unspecified atom stereocenters. The Bertz CT molecular complexity index is 1020. The SMILES string of the molecule is COc1ccc(-c2nc(CSc3nnc(NCc4ccccc4)s3)cs2)cc1. The van der Waals surface area contributed by atoms with Gasteiger partial charge in [-0.05, 0) is 29.8 Å². The Morgan fingerprint density at radius 2 is 1.86 bits per heavy atom. The van der Waals surface area contributed by atoms with E-state index in [2.05, 4.69) is 33.0 Å². The number of hydrogen-bond donors (Lipinski definition) is 1. The number of anilines is 1. The maximum atomic E-state index is 5.21. The molecule has 0 aliphatic rings. The summed E-state index contributed by atoms with van der Waals surface area (Å²) in [5.74, 6) is 1.63. The van der Waals surface area contributed by atoms with E-state index in [0.717, 1.165) is 43.8 Å². The summed E-state index contributed by atoms with van der Waals surface area (Å²) in [5.41, 5.74) is 3.38. The van der Waals surface area contributed by atoms with E-state index in [-0.39, 0.29) is 0 Å². The number of rotatable bonds is 8. The zero-order chi connectivity index (χ0) is 19.2. The number of benzene rings is 2. The summed E-state index contributed by atoms with van der Waals surface area (Å²) in [6, 6.07) is 18.2. The normalized spacial score (nSPS) is 10.8. The van der Waals surface area contributed by atoms with Gasteiger partial charge >= 0.3 is 0 Å². The van der Waals surface area contributed by atoms with Crippen LogP contribution in [0.25, 0.3) is 10.6 Å². The van der Waals surface area contributed by atoms with Gasteiger partial charge in [-0.15, -0.1) is 21.5 Å². The smallest absolute Gasteiger partial charge is 0.206 e. The van der Waals surface area contributed by atoms with Crippen LogP contribution in [0.1, 0.15) is 11.3 Å². The second-order valence-corrected chi connectivity index (χ2v) is 8.93. The molecule has 1 N–H and O–H groups in total. The van der Waals surface area contributed by atoms with Crippen molar-refractivity contribution in [2.24, 2.45) is 0 Å². The van der Waals surface area contributed by atoms with E-state index < -0.39 is 0 Å². The van der Waals surface area contributed by atoms with Crippen molar-refractivity contribution >= 4 is 39.6 Å². The second kappa shape index (κ2) is 9.18. The third-order valence-corrected chi connectivity index (χ3v) is 6.91. The van der Waals surface area contributed by atoms with Crippen molar-refractivity contribution in [2.45, 2.75) is 16.6 Å². The number of nitrogens with one attached hydrogen (secondary N) is 1. The van der Waals surface area contributed by atoms with Crippen LogP contribution in [-0.4, -0.2) is 22.3 Å². The summed E-state index contributed by atoms with van der Waals surface area (Å²) in [5, 5.41) is 15.8. The summed E-state index contributed by atoms with van der Waals surface area (Å²) >= 11 is 4.88. The van der Waals surface area contributed by atoms with Gasteiger partial charge in [-0.25, -0.2) is 4.98 Å². The minimum Gasteiger partial charge on any atom is -0.497 e. The minimum atomic E-state index is 0.747. The van der Waals surface area contributed by atoms with E-state index in [4.69, 9.17) is 9.72 Å². The first-order chi connectivity index (χ1) is 13.8. The lowest BCUT2D eigenvalue weighted by molar-refractivity contribution is 0.415. The first kappa shape index (κ1) is 18.9. The molecule has 0 saturated heterocycles. The van der Waals surface area contributed by atoms with E-state index >= 15 is 0 Å². The van der Waals surface area contributed by atoms with Crippen molar-refractivity contribution in [1.29, 1.82) is 0 Å². The van der Waals surface area contributed by atoms with E-state index in [1.807, 2.05) is 42.5 Å². The molecule has 142 valence electrons. The number of ether oxygens (including phenoxy) is 1. The van der Waals surface area contributed by atoms with Gasteiger partial charge in [-0.2, -0.15) is 0 Å². The van der Waals surface area contributed by atoms with Gasteiger partial charge in [0.2, 0.25) is 5.13 Å². The molecule has 0 bridgehead atoms.